The molecular weight excluding hydrogens is 330 g/mol. The Morgan fingerprint density at radius 3 is 2.58 bits per heavy atom. The first-order chi connectivity index (χ1) is 12.7. The van der Waals surface area contributed by atoms with Crippen molar-refractivity contribution in [3.8, 4) is 17.2 Å². The molecule has 5 nitrogen and oxygen atoms in total. The van der Waals surface area contributed by atoms with E-state index in [1.807, 2.05) is 36.4 Å². The Morgan fingerprint density at radius 1 is 1.08 bits per heavy atom. The van der Waals surface area contributed by atoms with Crippen molar-refractivity contribution in [2.45, 2.75) is 32.0 Å². The summed E-state index contributed by atoms with van der Waals surface area (Å²) >= 11 is 0. The van der Waals surface area contributed by atoms with Crippen LogP contribution in [0.1, 0.15) is 24.0 Å². The van der Waals surface area contributed by atoms with Crippen LogP contribution in [0.15, 0.2) is 42.5 Å². The van der Waals surface area contributed by atoms with Crippen LogP contribution in [0.3, 0.4) is 0 Å². The van der Waals surface area contributed by atoms with E-state index in [-0.39, 0.29) is 6.10 Å². The van der Waals surface area contributed by atoms with Gasteiger partial charge >= 0.3 is 0 Å². The molecule has 5 heteroatoms. The third-order valence-electron chi connectivity index (χ3n) is 4.75. The summed E-state index contributed by atoms with van der Waals surface area (Å²) in [6, 6.07) is 13.3. The molecule has 0 aliphatic carbocycles. The Bertz CT molecular complexity index is 713. The van der Waals surface area contributed by atoms with Crippen molar-refractivity contribution >= 4 is 0 Å². The zero-order valence-electron chi connectivity index (χ0n) is 15.5. The van der Waals surface area contributed by atoms with Crippen molar-refractivity contribution in [1.82, 2.24) is 4.90 Å². The Morgan fingerprint density at radius 2 is 1.88 bits per heavy atom. The fourth-order valence-corrected chi connectivity index (χ4v) is 3.39. The summed E-state index contributed by atoms with van der Waals surface area (Å²) in [5.74, 6) is 1.96. The fraction of sp³-hybridized carbons (Fsp3) is 0.429. The molecule has 1 fully saturated rings. The summed E-state index contributed by atoms with van der Waals surface area (Å²) in [7, 11) is 3.34. The average molecular weight is 357 g/mol. The zero-order valence-corrected chi connectivity index (χ0v) is 15.5. The third kappa shape index (κ3) is 4.68. The van der Waals surface area contributed by atoms with Gasteiger partial charge in [-0.2, -0.15) is 0 Å². The number of para-hydroxylation sites is 1. The highest BCUT2D eigenvalue weighted by molar-refractivity contribution is 5.40. The summed E-state index contributed by atoms with van der Waals surface area (Å²) in [5, 5.41) is 10.2. The molecule has 26 heavy (non-hydrogen) atoms. The largest absolute Gasteiger partial charge is 0.508 e. The van der Waals surface area contributed by atoms with E-state index in [0.29, 0.717) is 18.8 Å². The predicted octanol–water partition coefficient (Wildman–Crippen LogP) is 3.59. The van der Waals surface area contributed by atoms with E-state index in [1.54, 1.807) is 20.3 Å². The van der Waals surface area contributed by atoms with Gasteiger partial charge in [-0.3, -0.25) is 4.90 Å². The van der Waals surface area contributed by atoms with Crippen LogP contribution in [-0.2, 0) is 17.8 Å². The van der Waals surface area contributed by atoms with Gasteiger partial charge in [0.1, 0.15) is 17.2 Å². The lowest BCUT2D eigenvalue weighted by Crippen LogP contribution is -2.31. The maximum absolute atomic E-state index is 10.2. The SMILES string of the molecule is COc1ccc(OC)c(CN(Cc2ccccc2O)C[C@@H]2CCCO2)c1. The van der Waals surface area contributed by atoms with Gasteiger partial charge in [-0.05, 0) is 37.1 Å². The van der Waals surface area contributed by atoms with E-state index in [2.05, 4.69) is 4.90 Å². The average Bonchev–Trinajstić information content (AvgIpc) is 3.16. The summed E-state index contributed by atoms with van der Waals surface area (Å²) in [5.41, 5.74) is 1.97. The highest BCUT2D eigenvalue weighted by Crippen LogP contribution is 2.27. The van der Waals surface area contributed by atoms with Gasteiger partial charge in [-0.1, -0.05) is 18.2 Å². The van der Waals surface area contributed by atoms with E-state index in [4.69, 9.17) is 14.2 Å². The molecule has 1 atom stereocenters. The highest BCUT2D eigenvalue weighted by atomic mass is 16.5. The normalized spacial score (nSPS) is 16.8. The van der Waals surface area contributed by atoms with Crippen molar-refractivity contribution in [2.75, 3.05) is 27.4 Å². The van der Waals surface area contributed by atoms with Crippen LogP contribution < -0.4 is 9.47 Å². The molecule has 0 unspecified atom stereocenters. The lowest BCUT2D eigenvalue weighted by atomic mass is 10.1. The lowest BCUT2D eigenvalue weighted by molar-refractivity contribution is 0.0673. The van der Waals surface area contributed by atoms with E-state index in [1.165, 1.54) is 0 Å². The number of rotatable bonds is 8. The molecule has 0 spiro atoms. The highest BCUT2D eigenvalue weighted by Gasteiger charge is 2.21. The minimum atomic E-state index is 0.234. The van der Waals surface area contributed by atoms with E-state index < -0.39 is 0 Å². The third-order valence-corrected chi connectivity index (χ3v) is 4.75. The second kappa shape index (κ2) is 8.92. The van der Waals surface area contributed by atoms with E-state index >= 15 is 0 Å². The van der Waals surface area contributed by atoms with Gasteiger partial charge in [0.15, 0.2) is 0 Å². The van der Waals surface area contributed by atoms with E-state index in [0.717, 1.165) is 48.6 Å². The molecule has 140 valence electrons. The van der Waals surface area contributed by atoms with Crippen molar-refractivity contribution in [2.24, 2.45) is 0 Å². The second-order valence-electron chi connectivity index (χ2n) is 6.61. The number of phenolic OH excluding ortho intramolecular Hbond substituents is 1. The first-order valence-corrected chi connectivity index (χ1v) is 9.01. The Hall–Kier alpha value is -2.24. The molecule has 1 aliphatic rings. The van der Waals surface area contributed by atoms with Crippen LogP contribution in [0.4, 0.5) is 0 Å². The maximum atomic E-state index is 10.2. The molecule has 2 aromatic rings. The van der Waals surface area contributed by atoms with Crippen LogP contribution in [0.2, 0.25) is 0 Å². The number of aromatic hydroxyl groups is 1. The van der Waals surface area contributed by atoms with Crippen LogP contribution in [0.25, 0.3) is 0 Å². The number of hydrogen-bond acceptors (Lipinski definition) is 5. The monoisotopic (exact) mass is 357 g/mol. The van der Waals surface area contributed by atoms with Gasteiger partial charge in [0.25, 0.3) is 0 Å². The van der Waals surface area contributed by atoms with Crippen LogP contribution in [0.5, 0.6) is 17.2 Å². The number of nitrogens with zero attached hydrogens (tertiary/aromatic N) is 1. The van der Waals surface area contributed by atoms with Crippen molar-refractivity contribution < 1.29 is 19.3 Å². The number of methoxy groups -OCH3 is 2. The summed E-state index contributed by atoms with van der Waals surface area (Å²) in [6.45, 7) is 2.98. The van der Waals surface area contributed by atoms with Gasteiger partial charge in [0, 0.05) is 37.4 Å². The number of benzene rings is 2. The first kappa shape index (κ1) is 18.5. The van der Waals surface area contributed by atoms with Crippen molar-refractivity contribution in [1.29, 1.82) is 0 Å². The lowest BCUT2D eigenvalue weighted by Gasteiger charge is -2.26. The minimum absolute atomic E-state index is 0.234. The maximum Gasteiger partial charge on any atom is 0.123 e. The molecule has 0 bridgehead atoms. The fourth-order valence-electron chi connectivity index (χ4n) is 3.39. The van der Waals surface area contributed by atoms with Crippen LogP contribution in [-0.4, -0.2) is 43.5 Å². The molecule has 1 aliphatic heterocycles. The van der Waals surface area contributed by atoms with Gasteiger partial charge in [0.05, 0.1) is 20.3 Å². The smallest absolute Gasteiger partial charge is 0.123 e. The molecule has 3 rings (SSSR count). The topological polar surface area (TPSA) is 51.2 Å². The first-order valence-electron chi connectivity index (χ1n) is 9.01. The van der Waals surface area contributed by atoms with Gasteiger partial charge < -0.3 is 19.3 Å². The molecular formula is C21H27NO4. The number of phenols is 1. The van der Waals surface area contributed by atoms with Gasteiger partial charge in [-0.25, -0.2) is 0 Å². The molecule has 2 aromatic carbocycles. The van der Waals surface area contributed by atoms with Crippen molar-refractivity contribution in [3.63, 3.8) is 0 Å². The number of hydrogen-bond donors (Lipinski definition) is 1. The Kier molecular flexibility index (Phi) is 6.36. The van der Waals surface area contributed by atoms with Crippen LogP contribution >= 0.6 is 0 Å². The van der Waals surface area contributed by atoms with Gasteiger partial charge in [0.2, 0.25) is 0 Å². The summed E-state index contributed by atoms with van der Waals surface area (Å²) < 4.78 is 16.7. The Labute approximate surface area is 155 Å². The summed E-state index contributed by atoms with van der Waals surface area (Å²) in [6.07, 6.45) is 2.42. The standard InChI is InChI=1S/C21H27NO4/c1-24-18-9-10-21(25-2)17(12-18)14-22(15-19-7-5-11-26-19)13-16-6-3-4-8-20(16)23/h3-4,6,8-10,12,19,23H,5,7,11,13-15H2,1-2H3/t19-/m0/s1. The molecule has 0 amide bonds. The number of ether oxygens (including phenoxy) is 3. The minimum Gasteiger partial charge on any atom is -0.508 e. The van der Waals surface area contributed by atoms with Crippen molar-refractivity contribution in [3.05, 3.63) is 53.6 Å². The second-order valence-corrected chi connectivity index (χ2v) is 6.61. The van der Waals surface area contributed by atoms with Crippen LogP contribution in [0, 0.1) is 0 Å². The van der Waals surface area contributed by atoms with Gasteiger partial charge in [-0.15, -0.1) is 0 Å². The molecule has 1 saturated heterocycles. The molecule has 0 radical (unpaired) electrons. The molecule has 1 N–H and O–H groups in total. The predicted molar refractivity (Wildman–Crippen MR) is 101 cm³/mol. The molecule has 0 saturated carbocycles. The molecule has 1 heterocycles. The molecule has 0 aromatic heterocycles. The summed E-state index contributed by atoms with van der Waals surface area (Å²) in [4.78, 5) is 2.29. The zero-order chi connectivity index (χ0) is 18.4. The quantitative estimate of drug-likeness (QED) is 0.782. The Balaban J connectivity index is 1.81. The van der Waals surface area contributed by atoms with E-state index in [9.17, 15) is 5.11 Å².